The third kappa shape index (κ3) is 4.12. The molecular weight excluding hydrogens is 408 g/mol. The van der Waals surface area contributed by atoms with Gasteiger partial charge in [-0.2, -0.15) is 0 Å². The maximum absolute atomic E-state index is 13.5. The van der Waals surface area contributed by atoms with Crippen molar-refractivity contribution in [3.05, 3.63) is 76.6 Å². The van der Waals surface area contributed by atoms with Gasteiger partial charge in [0.25, 0.3) is 5.91 Å². The van der Waals surface area contributed by atoms with E-state index in [1.54, 1.807) is 24.9 Å². The lowest BCUT2D eigenvalue weighted by molar-refractivity contribution is -0.116. The van der Waals surface area contributed by atoms with E-state index in [4.69, 9.17) is 4.74 Å². The number of carbonyl (C=O) groups is 2. The minimum atomic E-state index is -0.394. The van der Waals surface area contributed by atoms with Crippen LogP contribution in [0.2, 0.25) is 0 Å². The summed E-state index contributed by atoms with van der Waals surface area (Å²) in [7, 11) is 1.57. The number of Topliss-reactive ketones (excluding diaryl/α,β-unsaturated/α-hetero) is 1. The normalized spacial score (nSPS) is 18.4. The van der Waals surface area contributed by atoms with Gasteiger partial charge in [-0.25, -0.2) is 0 Å². The minimum absolute atomic E-state index is 0.114. The van der Waals surface area contributed by atoms with Gasteiger partial charge in [0, 0.05) is 39.8 Å². The fourth-order valence-electron chi connectivity index (χ4n) is 4.35. The standard InChI is InChI=1S/C25H26N2O3S/c1-15-22(25(29)27-18-7-4-5-10-21(18)30-2)23(16-11-13-17(31-3)14-12-16)24-19(26-15)8-6-9-20(24)28/h4-5,7,10-14,23,26H,6,8-9H2,1-3H3,(H,27,29)/t23-/m1/s1. The topological polar surface area (TPSA) is 67.4 Å². The molecule has 1 amide bonds. The molecule has 1 aliphatic carbocycles. The molecule has 2 N–H and O–H groups in total. The van der Waals surface area contributed by atoms with E-state index in [1.165, 1.54) is 0 Å². The van der Waals surface area contributed by atoms with Crippen LogP contribution in [0.1, 0.15) is 37.7 Å². The molecule has 1 heterocycles. The molecular formula is C25H26N2O3S. The molecule has 0 saturated heterocycles. The third-order valence-electron chi connectivity index (χ3n) is 5.82. The van der Waals surface area contributed by atoms with Crippen molar-refractivity contribution in [2.24, 2.45) is 0 Å². The molecule has 4 rings (SSSR count). The third-order valence-corrected chi connectivity index (χ3v) is 6.57. The molecule has 1 atom stereocenters. The zero-order valence-corrected chi connectivity index (χ0v) is 18.8. The Labute approximate surface area is 187 Å². The van der Waals surface area contributed by atoms with Crippen LogP contribution in [0.4, 0.5) is 5.69 Å². The maximum atomic E-state index is 13.5. The highest BCUT2D eigenvalue weighted by Gasteiger charge is 2.38. The lowest BCUT2D eigenvalue weighted by atomic mass is 9.75. The fraction of sp³-hybridized carbons (Fsp3) is 0.280. The summed E-state index contributed by atoms with van der Waals surface area (Å²) in [6.07, 6.45) is 4.19. The van der Waals surface area contributed by atoms with Crippen LogP contribution in [0.15, 0.2) is 76.0 Å². The second-order valence-electron chi connectivity index (χ2n) is 7.69. The molecule has 1 aliphatic heterocycles. The van der Waals surface area contributed by atoms with E-state index >= 15 is 0 Å². The van der Waals surface area contributed by atoms with E-state index in [-0.39, 0.29) is 11.7 Å². The number of dihydropyridines is 1. The van der Waals surface area contributed by atoms with Crippen LogP contribution in [0, 0.1) is 0 Å². The van der Waals surface area contributed by atoms with Gasteiger partial charge in [0.2, 0.25) is 0 Å². The molecule has 31 heavy (non-hydrogen) atoms. The first-order valence-corrected chi connectivity index (χ1v) is 11.6. The summed E-state index contributed by atoms with van der Waals surface area (Å²) in [5, 5.41) is 6.35. The van der Waals surface area contributed by atoms with Crippen LogP contribution in [0.25, 0.3) is 0 Å². The van der Waals surface area contributed by atoms with E-state index in [2.05, 4.69) is 10.6 Å². The number of carbonyl (C=O) groups excluding carboxylic acids is 2. The van der Waals surface area contributed by atoms with Gasteiger partial charge < -0.3 is 15.4 Å². The van der Waals surface area contributed by atoms with Crippen LogP contribution >= 0.6 is 11.8 Å². The molecule has 0 radical (unpaired) electrons. The molecule has 160 valence electrons. The molecule has 0 spiro atoms. The molecule has 2 aromatic rings. The number of hydrogen-bond donors (Lipinski definition) is 2. The van der Waals surface area contributed by atoms with E-state index in [0.717, 1.165) is 40.3 Å². The number of thioether (sulfide) groups is 1. The molecule has 0 fully saturated rings. The number of nitrogens with one attached hydrogen (secondary N) is 2. The highest BCUT2D eigenvalue weighted by Crippen LogP contribution is 2.43. The van der Waals surface area contributed by atoms with Gasteiger partial charge in [-0.15, -0.1) is 11.8 Å². The lowest BCUT2D eigenvalue weighted by Crippen LogP contribution is -2.35. The Morgan fingerprint density at radius 1 is 1.13 bits per heavy atom. The van der Waals surface area contributed by atoms with Gasteiger partial charge in [0.1, 0.15) is 5.75 Å². The first kappa shape index (κ1) is 21.2. The Morgan fingerprint density at radius 2 is 1.87 bits per heavy atom. The monoisotopic (exact) mass is 434 g/mol. The zero-order valence-electron chi connectivity index (χ0n) is 18.0. The number of methoxy groups -OCH3 is 1. The summed E-state index contributed by atoms with van der Waals surface area (Å²) in [5.74, 6) is 0.0724. The van der Waals surface area contributed by atoms with Crippen molar-refractivity contribution < 1.29 is 14.3 Å². The van der Waals surface area contributed by atoms with Crippen molar-refractivity contribution in [3.8, 4) is 5.75 Å². The van der Waals surface area contributed by atoms with Crippen molar-refractivity contribution >= 4 is 29.1 Å². The summed E-state index contributed by atoms with van der Waals surface area (Å²) in [6, 6.07) is 15.5. The number of rotatable bonds is 5. The van der Waals surface area contributed by atoms with Crippen molar-refractivity contribution in [1.82, 2.24) is 5.32 Å². The highest BCUT2D eigenvalue weighted by atomic mass is 32.2. The van der Waals surface area contributed by atoms with Crippen molar-refractivity contribution in [1.29, 1.82) is 0 Å². The van der Waals surface area contributed by atoms with Crippen LogP contribution in [0.3, 0.4) is 0 Å². The van der Waals surface area contributed by atoms with Crippen LogP contribution in [-0.4, -0.2) is 25.1 Å². The van der Waals surface area contributed by atoms with Gasteiger partial charge in [0.05, 0.1) is 12.8 Å². The fourth-order valence-corrected chi connectivity index (χ4v) is 4.76. The van der Waals surface area contributed by atoms with Crippen LogP contribution in [-0.2, 0) is 9.59 Å². The van der Waals surface area contributed by atoms with Gasteiger partial charge >= 0.3 is 0 Å². The smallest absolute Gasteiger partial charge is 0.254 e. The number of ether oxygens (including phenoxy) is 1. The average molecular weight is 435 g/mol. The Morgan fingerprint density at radius 3 is 2.58 bits per heavy atom. The first-order valence-electron chi connectivity index (χ1n) is 10.4. The second kappa shape index (κ2) is 9.02. The quantitative estimate of drug-likeness (QED) is 0.647. The number of amides is 1. The molecule has 2 aliphatic rings. The molecule has 0 bridgehead atoms. The molecule has 0 unspecified atom stereocenters. The summed E-state index contributed by atoms with van der Waals surface area (Å²) < 4.78 is 5.39. The van der Waals surface area contributed by atoms with E-state index in [0.29, 0.717) is 23.4 Å². The van der Waals surface area contributed by atoms with E-state index in [9.17, 15) is 9.59 Å². The zero-order chi connectivity index (χ0) is 22.0. The molecule has 6 heteroatoms. The number of allylic oxidation sites excluding steroid dienone is 3. The first-order chi connectivity index (χ1) is 15.0. The largest absolute Gasteiger partial charge is 0.495 e. The Balaban J connectivity index is 1.78. The average Bonchev–Trinajstić information content (AvgIpc) is 2.78. The minimum Gasteiger partial charge on any atom is -0.495 e. The Hall–Kier alpha value is -2.99. The number of hydrogen-bond acceptors (Lipinski definition) is 5. The van der Waals surface area contributed by atoms with Crippen molar-refractivity contribution in [2.45, 2.75) is 37.0 Å². The van der Waals surface area contributed by atoms with Crippen molar-refractivity contribution in [2.75, 3.05) is 18.7 Å². The summed E-state index contributed by atoms with van der Waals surface area (Å²) in [4.78, 5) is 27.7. The van der Waals surface area contributed by atoms with Gasteiger partial charge in [-0.05, 0) is 55.9 Å². The molecule has 0 saturated carbocycles. The van der Waals surface area contributed by atoms with Gasteiger partial charge in [-0.3, -0.25) is 9.59 Å². The molecule has 5 nitrogen and oxygen atoms in total. The summed E-state index contributed by atoms with van der Waals surface area (Å²) >= 11 is 1.66. The molecule has 2 aromatic carbocycles. The van der Waals surface area contributed by atoms with Crippen LogP contribution < -0.4 is 15.4 Å². The highest BCUT2D eigenvalue weighted by molar-refractivity contribution is 7.98. The van der Waals surface area contributed by atoms with E-state index < -0.39 is 5.92 Å². The summed E-state index contributed by atoms with van der Waals surface area (Å²) in [5.41, 5.74) is 4.56. The van der Waals surface area contributed by atoms with Gasteiger partial charge in [0.15, 0.2) is 5.78 Å². The second-order valence-corrected chi connectivity index (χ2v) is 8.57. The SMILES string of the molecule is COc1ccccc1NC(=O)C1=C(C)NC2=C(C(=O)CCC2)[C@@H]1c1ccc(SC)cc1. The van der Waals surface area contributed by atoms with Gasteiger partial charge in [-0.1, -0.05) is 24.3 Å². The predicted molar refractivity (Wildman–Crippen MR) is 124 cm³/mol. The molecule has 0 aromatic heterocycles. The maximum Gasteiger partial charge on any atom is 0.254 e. The Kier molecular flexibility index (Phi) is 6.18. The number of ketones is 1. The number of para-hydroxylation sites is 2. The Bertz CT molecular complexity index is 1090. The predicted octanol–water partition coefficient (Wildman–Crippen LogP) is 5.02. The number of anilines is 1. The number of benzene rings is 2. The van der Waals surface area contributed by atoms with E-state index in [1.807, 2.05) is 55.6 Å². The summed E-state index contributed by atoms with van der Waals surface area (Å²) in [6.45, 7) is 1.91. The van der Waals surface area contributed by atoms with Crippen LogP contribution in [0.5, 0.6) is 5.75 Å². The lowest BCUT2D eigenvalue weighted by Gasteiger charge is -2.34. The van der Waals surface area contributed by atoms with Crippen molar-refractivity contribution in [3.63, 3.8) is 0 Å².